The number of nitrogens with one attached hydrogen (secondary N) is 1. The van der Waals surface area contributed by atoms with E-state index in [1.165, 1.54) is 5.56 Å². The monoisotopic (exact) mass is 460 g/mol. The number of likely N-dealkylation sites (tertiary alicyclic amines) is 1. The third-order valence-electron chi connectivity index (χ3n) is 6.59. The van der Waals surface area contributed by atoms with Crippen molar-refractivity contribution in [2.24, 2.45) is 5.92 Å². The van der Waals surface area contributed by atoms with Gasteiger partial charge in [-0.25, -0.2) is 4.68 Å². The van der Waals surface area contributed by atoms with Crippen molar-refractivity contribution >= 4 is 11.8 Å². The highest BCUT2D eigenvalue weighted by Crippen LogP contribution is 2.28. The Balaban J connectivity index is 1.16. The predicted octanol–water partition coefficient (Wildman–Crippen LogP) is 2.42. The van der Waals surface area contributed by atoms with Gasteiger partial charge in [0.25, 0.3) is 5.91 Å². The molecule has 0 saturated carbocycles. The van der Waals surface area contributed by atoms with Crippen molar-refractivity contribution in [2.45, 2.75) is 45.6 Å². The van der Waals surface area contributed by atoms with Crippen molar-refractivity contribution in [3.05, 3.63) is 76.9 Å². The Hall–Kier alpha value is -3.59. The first-order valence-corrected chi connectivity index (χ1v) is 11.6. The Bertz CT molecular complexity index is 1150. The molecule has 1 saturated heterocycles. The number of pyridine rings is 1. The first kappa shape index (κ1) is 22.2. The molecule has 2 aliphatic heterocycles. The fourth-order valence-corrected chi connectivity index (χ4v) is 4.49. The van der Waals surface area contributed by atoms with Gasteiger partial charge in [0.15, 0.2) is 5.69 Å². The van der Waals surface area contributed by atoms with E-state index < -0.39 is 0 Å². The lowest BCUT2D eigenvalue weighted by Crippen LogP contribution is -2.43. The molecule has 0 unspecified atom stereocenters. The van der Waals surface area contributed by atoms with Crippen LogP contribution >= 0.6 is 0 Å². The van der Waals surface area contributed by atoms with Crippen molar-refractivity contribution < 1.29 is 14.3 Å². The fourth-order valence-electron chi connectivity index (χ4n) is 4.49. The zero-order valence-electron chi connectivity index (χ0n) is 19.2. The van der Waals surface area contributed by atoms with Crippen LogP contribution in [0.25, 0.3) is 0 Å². The summed E-state index contributed by atoms with van der Waals surface area (Å²) in [5.41, 5.74) is 4.31. The van der Waals surface area contributed by atoms with E-state index in [2.05, 4.69) is 51.8 Å². The minimum Gasteiger partial charge on any atom is -0.365 e. The van der Waals surface area contributed by atoms with E-state index >= 15 is 0 Å². The minimum absolute atomic E-state index is 0.0209. The summed E-state index contributed by atoms with van der Waals surface area (Å²) in [5.74, 6) is -0.228. The van der Waals surface area contributed by atoms with Crippen LogP contribution in [0.5, 0.6) is 0 Å². The van der Waals surface area contributed by atoms with Crippen molar-refractivity contribution in [2.75, 3.05) is 13.1 Å². The molecular weight excluding hydrogens is 432 g/mol. The number of carbonyl (C=O) groups is 2. The standard InChI is InChI=1S/C25H28N6O3/c1-17-4-6-19(7-5-17)22-15-31-21(16-34-22)23(28-29-31)25(33)30-11-8-20(9-12-30)24(32)27-14-18-3-2-10-26-13-18/h2-7,10,13,20,22H,8-9,11-12,14-16H2,1H3,(H,27,32)/t22-/m1/s1. The average molecular weight is 461 g/mol. The molecule has 2 amide bonds. The molecule has 34 heavy (non-hydrogen) atoms. The van der Waals surface area contributed by atoms with Crippen LogP contribution in [0.2, 0.25) is 0 Å². The van der Waals surface area contributed by atoms with Crippen LogP contribution in [0.1, 0.15) is 51.8 Å². The highest BCUT2D eigenvalue weighted by Gasteiger charge is 2.33. The van der Waals surface area contributed by atoms with E-state index in [-0.39, 0.29) is 23.8 Å². The lowest BCUT2D eigenvalue weighted by atomic mass is 9.95. The third-order valence-corrected chi connectivity index (χ3v) is 6.59. The molecule has 3 aromatic rings. The predicted molar refractivity (Wildman–Crippen MR) is 123 cm³/mol. The molecule has 4 heterocycles. The highest BCUT2D eigenvalue weighted by molar-refractivity contribution is 5.93. The molecule has 0 spiro atoms. The summed E-state index contributed by atoms with van der Waals surface area (Å²) in [6, 6.07) is 12.0. The molecule has 2 aromatic heterocycles. The Morgan fingerprint density at radius 1 is 1.15 bits per heavy atom. The maximum absolute atomic E-state index is 13.2. The second-order valence-corrected chi connectivity index (χ2v) is 8.92. The number of amides is 2. The lowest BCUT2D eigenvalue weighted by molar-refractivity contribution is -0.126. The maximum Gasteiger partial charge on any atom is 0.276 e. The molecule has 1 N–H and O–H groups in total. The van der Waals surface area contributed by atoms with E-state index in [1.54, 1.807) is 22.0 Å². The largest absolute Gasteiger partial charge is 0.365 e. The zero-order chi connectivity index (χ0) is 23.5. The molecule has 1 fully saturated rings. The maximum atomic E-state index is 13.2. The van der Waals surface area contributed by atoms with Gasteiger partial charge < -0.3 is 15.0 Å². The smallest absolute Gasteiger partial charge is 0.276 e. The molecular formula is C25H28N6O3. The lowest BCUT2D eigenvalue weighted by Gasteiger charge is -2.31. The number of fused-ring (bicyclic) bond motifs is 1. The number of benzene rings is 1. The summed E-state index contributed by atoms with van der Waals surface area (Å²) in [4.78, 5) is 31.5. The van der Waals surface area contributed by atoms with Gasteiger partial charge in [-0.15, -0.1) is 5.10 Å². The first-order chi connectivity index (χ1) is 16.6. The number of aromatic nitrogens is 4. The molecule has 9 nitrogen and oxygen atoms in total. The number of carbonyl (C=O) groups excluding carboxylic acids is 2. The van der Waals surface area contributed by atoms with E-state index in [9.17, 15) is 9.59 Å². The van der Waals surface area contributed by atoms with Gasteiger partial charge in [0.05, 0.1) is 18.8 Å². The summed E-state index contributed by atoms with van der Waals surface area (Å²) in [6.45, 7) is 4.36. The van der Waals surface area contributed by atoms with E-state index in [0.717, 1.165) is 11.1 Å². The van der Waals surface area contributed by atoms with Crippen molar-refractivity contribution in [3.8, 4) is 0 Å². The van der Waals surface area contributed by atoms with Gasteiger partial charge in [-0.2, -0.15) is 0 Å². The van der Waals surface area contributed by atoms with Gasteiger partial charge in [0.2, 0.25) is 5.91 Å². The zero-order valence-corrected chi connectivity index (χ0v) is 19.2. The molecule has 0 aliphatic carbocycles. The van der Waals surface area contributed by atoms with Crippen LogP contribution in [-0.2, 0) is 29.2 Å². The number of rotatable bonds is 5. The molecule has 1 atom stereocenters. The van der Waals surface area contributed by atoms with Gasteiger partial charge in [-0.3, -0.25) is 14.6 Å². The van der Waals surface area contributed by atoms with Crippen LogP contribution in [0.4, 0.5) is 0 Å². The molecule has 9 heteroatoms. The second kappa shape index (κ2) is 9.72. The van der Waals surface area contributed by atoms with E-state index in [0.29, 0.717) is 57.0 Å². The number of ether oxygens (including phenoxy) is 1. The Morgan fingerprint density at radius 2 is 1.94 bits per heavy atom. The summed E-state index contributed by atoms with van der Waals surface area (Å²) in [6.07, 6.45) is 4.59. The van der Waals surface area contributed by atoms with Crippen LogP contribution < -0.4 is 5.32 Å². The van der Waals surface area contributed by atoms with E-state index in [4.69, 9.17) is 4.74 Å². The van der Waals surface area contributed by atoms with Crippen molar-refractivity contribution in [1.29, 1.82) is 0 Å². The molecule has 1 aromatic carbocycles. The normalized spacial score (nSPS) is 18.4. The van der Waals surface area contributed by atoms with Gasteiger partial charge in [0.1, 0.15) is 6.10 Å². The number of piperidine rings is 1. The molecule has 5 rings (SSSR count). The summed E-state index contributed by atoms with van der Waals surface area (Å²) in [5, 5.41) is 11.4. The molecule has 2 aliphatic rings. The van der Waals surface area contributed by atoms with Crippen molar-refractivity contribution in [3.63, 3.8) is 0 Å². The van der Waals surface area contributed by atoms with Crippen LogP contribution in [0, 0.1) is 12.8 Å². The van der Waals surface area contributed by atoms with Crippen LogP contribution in [-0.4, -0.2) is 49.8 Å². The molecule has 0 bridgehead atoms. The Labute approximate surface area is 198 Å². The number of nitrogens with zero attached hydrogens (tertiary/aromatic N) is 5. The molecule has 176 valence electrons. The van der Waals surface area contributed by atoms with E-state index in [1.807, 2.05) is 12.1 Å². The van der Waals surface area contributed by atoms with Gasteiger partial charge in [0, 0.05) is 37.9 Å². The second-order valence-electron chi connectivity index (χ2n) is 8.92. The van der Waals surface area contributed by atoms with Gasteiger partial charge in [-0.05, 0) is 37.0 Å². The summed E-state index contributed by atoms with van der Waals surface area (Å²) < 4.78 is 7.83. The molecule has 0 radical (unpaired) electrons. The van der Waals surface area contributed by atoms with Gasteiger partial charge >= 0.3 is 0 Å². The average Bonchev–Trinajstić information content (AvgIpc) is 3.31. The SMILES string of the molecule is Cc1ccc([C@H]2Cn3nnc(C(=O)N4CCC(C(=O)NCc5cccnc5)CC4)c3CO2)cc1. The summed E-state index contributed by atoms with van der Waals surface area (Å²) in [7, 11) is 0. The number of hydrogen-bond acceptors (Lipinski definition) is 6. The van der Waals surface area contributed by atoms with Crippen molar-refractivity contribution in [1.82, 2.24) is 30.2 Å². The number of aryl methyl sites for hydroxylation is 1. The Morgan fingerprint density at radius 3 is 2.68 bits per heavy atom. The minimum atomic E-state index is -0.146. The topological polar surface area (TPSA) is 102 Å². The van der Waals surface area contributed by atoms with Crippen LogP contribution in [0.3, 0.4) is 0 Å². The number of hydrogen-bond donors (Lipinski definition) is 1. The fraction of sp³-hybridized carbons (Fsp3) is 0.400. The quantitative estimate of drug-likeness (QED) is 0.627. The van der Waals surface area contributed by atoms with Gasteiger partial charge in [-0.1, -0.05) is 41.1 Å². The van der Waals surface area contributed by atoms with Crippen LogP contribution in [0.15, 0.2) is 48.8 Å². The highest BCUT2D eigenvalue weighted by atomic mass is 16.5. The summed E-state index contributed by atoms with van der Waals surface area (Å²) >= 11 is 0. The third kappa shape index (κ3) is 4.70. The Kier molecular flexibility index (Phi) is 6.35. The first-order valence-electron chi connectivity index (χ1n) is 11.6.